The topological polar surface area (TPSA) is 66.2 Å². The highest BCUT2D eigenvalue weighted by Gasteiger charge is 2.21. The van der Waals surface area contributed by atoms with Gasteiger partial charge in [0.25, 0.3) is 5.91 Å². The lowest BCUT2D eigenvalue weighted by molar-refractivity contribution is 0.00855. The lowest BCUT2D eigenvalue weighted by atomic mass is 10.2. The van der Waals surface area contributed by atoms with Gasteiger partial charge in [0, 0.05) is 38.6 Å². The zero-order chi connectivity index (χ0) is 16.2. The van der Waals surface area contributed by atoms with Crippen molar-refractivity contribution in [2.45, 2.75) is 6.10 Å². The van der Waals surface area contributed by atoms with Crippen LogP contribution in [-0.2, 0) is 4.74 Å². The number of fused-ring (bicyclic) bond motifs is 1. The van der Waals surface area contributed by atoms with E-state index >= 15 is 0 Å². The van der Waals surface area contributed by atoms with E-state index in [2.05, 4.69) is 4.90 Å². The first-order valence-electron chi connectivity index (χ1n) is 7.85. The standard InChI is InChI=1S/C17H22N2O4/c1-18(11-14(20)12-19-6-8-22-9-7-19)17(21)16-10-13-4-2-3-5-15(13)23-16/h2-5,10,14,20H,6-9,11-12H2,1H3. The summed E-state index contributed by atoms with van der Waals surface area (Å²) in [6, 6.07) is 9.25. The summed E-state index contributed by atoms with van der Waals surface area (Å²) in [5.41, 5.74) is 0.693. The van der Waals surface area contributed by atoms with Gasteiger partial charge in [-0.25, -0.2) is 0 Å². The Morgan fingerprint density at radius 3 is 2.83 bits per heavy atom. The van der Waals surface area contributed by atoms with Gasteiger partial charge >= 0.3 is 0 Å². The van der Waals surface area contributed by atoms with Gasteiger partial charge in [0.05, 0.1) is 19.3 Å². The maximum atomic E-state index is 12.4. The first kappa shape index (κ1) is 16.0. The average Bonchev–Trinajstić information content (AvgIpc) is 2.98. The average molecular weight is 318 g/mol. The summed E-state index contributed by atoms with van der Waals surface area (Å²) in [5, 5.41) is 11.1. The predicted molar refractivity (Wildman–Crippen MR) is 86.4 cm³/mol. The van der Waals surface area contributed by atoms with Crippen molar-refractivity contribution in [1.29, 1.82) is 0 Å². The summed E-state index contributed by atoms with van der Waals surface area (Å²) < 4.78 is 10.9. The molecule has 0 saturated carbocycles. The van der Waals surface area contributed by atoms with Crippen LogP contribution in [-0.4, -0.2) is 73.4 Å². The van der Waals surface area contributed by atoms with E-state index in [4.69, 9.17) is 9.15 Å². The molecule has 0 aliphatic carbocycles. The van der Waals surface area contributed by atoms with E-state index in [-0.39, 0.29) is 12.5 Å². The maximum Gasteiger partial charge on any atom is 0.289 e. The van der Waals surface area contributed by atoms with Gasteiger partial charge in [-0.3, -0.25) is 9.69 Å². The van der Waals surface area contributed by atoms with E-state index in [0.29, 0.717) is 31.1 Å². The number of benzene rings is 1. The molecule has 1 aromatic heterocycles. The summed E-state index contributed by atoms with van der Waals surface area (Å²) in [7, 11) is 1.68. The number of β-amino-alcohol motifs (C(OH)–C–C–N with tert-alkyl or cyclic N) is 1. The molecular formula is C17H22N2O4. The smallest absolute Gasteiger partial charge is 0.289 e. The van der Waals surface area contributed by atoms with Crippen molar-refractivity contribution >= 4 is 16.9 Å². The largest absolute Gasteiger partial charge is 0.451 e. The van der Waals surface area contributed by atoms with Gasteiger partial charge in [0.15, 0.2) is 5.76 Å². The number of aliphatic hydroxyl groups excluding tert-OH is 1. The van der Waals surface area contributed by atoms with Crippen molar-refractivity contribution in [2.75, 3.05) is 46.4 Å². The third-order valence-electron chi connectivity index (χ3n) is 4.04. The quantitative estimate of drug-likeness (QED) is 0.897. The van der Waals surface area contributed by atoms with E-state index < -0.39 is 6.10 Å². The minimum atomic E-state index is -0.591. The molecule has 0 bridgehead atoms. The number of para-hydroxylation sites is 1. The number of hydrogen-bond donors (Lipinski definition) is 1. The fourth-order valence-corrected chi connectivity index (χ4v) is 2.81. The highest BCUT2D eigenvalue weighted by molar-refractivity contribution is 5.95. The number of amides is 1. The first-order chi connectivity index (χ1) is 11.1. The maximum absolute atomic E-state index is 12.4. The van der Waals surface area contributed by atoms with Gasteiger partial charge in [-0.1, -0.05) is 18.2 Å². The fourth-order valence-electron chi connectivity index (χ4n) is 2.81. The molecule has 1 aromatic carbocycles. The SMILES string of the molecule is CN(CC(O)CN1CCOCC1)C(=O)c1cc2ccccc2o1. The van der Waals surface area contributed by atoms with E-state index in [9.17, 15) is 9.90 Å². The number of rotatable bonds is 5. The number of aliphatic hydroxyl groups is 1. The highest BCUT2D eigenvalue weighted by atomic mass is 16.5. The molecule has 1 fully saturated rings. The fraction of sp³-hybridized carbons (Fsp3) is 0.471. The molecule has 6 nitrogen and oxygen atoms in total. The van der Waals surface area contributed by atoms with Gasteiger partial charge < -0.3 is 19.2 Å². The van der Waals surface area contributed by atoms with Gasteiger partial charge in [-0.05, 0) is 12.1 Å². The zero-order valence-electron chi connectivity index (χ0n) is 13.3. The third-order valence-corrected chi connectivity index (χ3v) is 4.04. The number of carbonyl (C=O) groups excluding carboxylic acids is 1. The first-order valence-corrected chi connectivity index (χ1v) is 7.85. The number of ether oxygens (including phenoxy) is 1. The van der Waals surface area contributed by atoms with Gasteiger partial charge in [0.2, 0.25) is 0 Å². The summed E-state index contributed by atoms with van der Waals surface area (Å²) >= 11 is 0. The van der Waals surface area contributed by atoms with Crippen molar-refractivity contribution in [2.24, 2.45) is 0 Å². The lowest BCUT2D eigenvalue weighted by Crippen LogP contribution is -2.45. The molecular weight excluding hydrogens is 296 g/mol. The molecule has 1 N–H and O–H groups in total. The van der Waals surface area contributed by atoms with Crippen molar-refractivity contribution in [1.82, 2.24) is 9.80 Å². The van der Waals surface area contributed by atoms with E-state index in [1.165, 1.54) is 4.90 Å². The Balaban J connectivity index is 1.58. The summed E-state index contributed by atoms with van der Waals surface area (Å²) in [6.07, 6.45) is -0.591. The minimum absolute atomic E-state index is 0.220. The number of likely N-dealkylation sites (N-methyl/N-ethyl adjacent to an activating group) is 1. The molecule has 6 heteroatoms. The van der Waals surface area contributed by atoms with Gasteiger partial charge in [-0.2, -0.15) is 0 Å². The Bertz CT molecular complexity index is 630. The Labute approximate surface area is 135 Å². The Morgan fingerprint density at radius 1 is 1.35 bits per heavy atom. The van der Waals surface area contributed by atoms with E-state index in [1.54, 1.807) is 13.1 Å². The number of furan rings is 1. The van der Waals surface area contributed by atoms with E-state index in [0.717, 1.165) is 18.5 Å². The highest BCUT2D eigenvalue weighted by Crippen LogP contribution is 2.19. The molecule has 1 unspecified atom stereocenters. The van der Waals surface area contributed by atoms with Gasteiger partial charge in [0.1, 0.15) is 5.58 Å². The third kappa shape index (κ3) is 3.90. The van der Waals surface area contributed by atoms with Crippen LogP contribution in [0.4, 0.5) is 0 Å². The van der Waals surface area contributed by atoms with Crippen molar-refractivity contribution in [3.8, 4) is 0 Å². The van der Waals surface area contributed by atoms with E-state index in [1.807, 2.05) is 24.3 Å². The molecule has 0 spiro atoms. The summed E-state index contributed by atoms with van der Waals surface area (Å²) in [5.74, 6) is 0.0782. The molecule has 0 radical (unpaired) electrons. The molecule has 1 saturated heterocycles. The van der Waals surface area contributed by atoms with Crippen LogP contribution in [0.15, 0.2) is 34.7 Å². The molecule has 124 valence electrons. The summed E-state index contributed by atoms with van der Waals surface area (Å²) in [4.78, 5) is 16.1. The normalized spacial score (nSPS) is 17.3. The van der Waals surface area contributed by atoms with Crippen LogP contribution in [0.3, 0.4) is 0 Å². The molecule has 1 aliphatic heterocycles. The van der Waals surface area contributed by atoms with Crippen LogP contribution >= 0.6 is 0 Å². The number of nitrogens with zero attached hydrogens (tertiary/aromatic N) is 2. The molecule has 1 aliphatic rings. The minimum Gasteiger partial charge on any atom is -0.451 e. The van der Waals surface area contributed by atoms with Crippen LogP contribution in [0, 0.1) is 0 Å². The van der Waals surface area contributed by atoms with Crippen LogP contribution in [0.2, 0.25) is 0 Å². The Kier molecular flexibility index (Phi) is 4.95. The van der Waals surface area contributed by atoms with Crippen LogP contribution in [0.1, 0.15) is 10.6 Å². The molecule has 2 aromatic rings. The molecule has 23 heavy (non-hydrogen) atoms. The molecule has 2 heterocycles. The molecule has 3 rings (SSSR count). The number of hydrogen-bond acceptors (Lipinski definition) is 5. The summed E-state index contributed by atoms with van der Waals surface area (Å²) in [6.45, 7) is 3.84. The second-order valence-electron chi connectivity index (χ2n) is 5.90. The monoisotopic (exact) mass is 318 g/mol. The van der Waals surface area contributed by atoms with Crippen molar-refractivity contribution in [3.05, 3.63) is 36.1 Å². The Hall–Kier alpha value is -1.89. The second kappa shape index (κ2) is 7.12. The zero-order valence-corrected chi connectivity index (χ0v) is 13.3. The second-order valence-corrected chi connectivity index (χ2v) is 5.90. The van der Waals surface area contributed by atoms with Crippen LogP contribution < -0.4 is 0 Å². The van der Waals surface area contributed by atoms with Crippen molar-refractivity contribution < 1.29 is 19.1 Å². The van der Waals surface area contributed by atoms with Crippen LogP contribution in [0.25, 0.3) is 11.0 Å². The lowest BCUT2D eigenvalue weighted by Gasteiger charge is -2.29. The molecule has 1 amide bonds. The van der Waals surface area contributed by atoms with Crippen molar-refractivity contribution in [3.63, 3.8) is 0 Å². The van der Waals surface area contributed by atoms with Gasteiger partial charge in [-0.15, -0.1) is 0 Å². The number of morpholine rings is 1. The van der Waals surface area contributed by atoms with Crippen LogP contribution in [0.5, 0.6) is 0 Å². The number of carbonyl (C=O) groups is 1. The Morgan fingerprint density at radius 2 is 2.09 bits per heavy atom. The molecule has 1 atom stereocenters. The predicted octanol–water partition coefficient (Wildman–Crippen LogP) is 1.20.